The first-order chi connectivity index (χ1) is 17.0. The van der Waals surface area contributed by atoms with Gasteiger partial charge in [-0.2, -0.15) is 0 Å². The lowest BCUT2D eigenvalue weighted by Gasteiger charge is -2.30. The molecule has 3 heterocycles. The number of benzene rings is 3. The van der Waals surface area contributed by atoms with Crippen molar-refractivity contribution in [1.82, 2.24) is 4.90 Å². The Morgan fingerprint density at radius 2 is 1.86 bits per heavy atom. The molecule has 0 N–H and O–H groups in total. The molecule has 0 spiro atoms. The Bertz CT molecular complexity index is 1380. The second-order valence-electron chi connectivity index (χ2n) is 8.79. The molecule has 0 fully saturated rings. The molecule has 8 heteroatoms. The van der Waals surface area contributed by atoms with Crippen molar-refractivity contribution in [2.24, 2.45) is 0 Å². The number of ether oxygens (including phenoxy) is 4. The van der Waals surface area contributed by atoms with Gasteiger partial charge in [0.2, 0.25) is 5.78 Å². The molecular weight excluding hydrogens is 489 g/mol. The Hall–Kier alpha value is -3.03. The Labute approximate surface area is 212 Å². The molecule has 6 rings (SSSR count). The number of carbonyl (C=O) groups excluding carboxylic acids is 1. The fourth-order valence-electron chi connectivity index (χ4n) is 4.68. The summed E-state index contributed by atoms with van der Waals surface area (Å²) in [5.74, 6) is 2.00. The number of hydrogen-bond acceptors (Lipinski definition) is 6. The zero-order valence-corrected chi connectivity index (χ0v) is 20.4. The normalized spacial score (nSPS) is 17.8. The SMILES string of the molecule is Cc1cc2c(c3c1C(=O)/C(=C/c1cc(Cl)cc4c1OCOC4)O3)CN(Cc1ccc(Cl)cc1)CO2. The average Bonchev–Trinajstić information content (AvgIpc) is 3.17. The van der Waals surface area contributed by atoms with Crippen molar-refractivity contribution in [3.63, 3.8) is 0 Å². The maximum absolute atomic E-state index is 13.4. The summed E-state index contributed by atoms with van der Waals surface area (Å²) < 4.78 is 23.3. The molecule has 178 valence electrons. The number of carbonyl (C=O) groups is 1. The van der Waals surface area contributed by atoms with Crippen LogP contribution in [0.4, 0.5) is 0 Å². The van der Waals surface area contributed by atoms with Crippen molar-refractivity contribution in [2.75, 3.05) is 13.5 Å². The highest BCUT2D eigenvalue weighted by Gasteiger charge is 2.36. The van der Waals surface area contributed by atoms with Gasteiger partial charge in [0.25, 0.3) is 0 Å². The van der Waals surface area contributed by atoms with Crippen LogP contribution in [0.1, 0.15) is 38.2 Å². The van der Waals surface area contributed by atoms with E-state index in [2.05, 4.69) is 4.90 Å². The van der Waals surface area contributed by atoms with Crippen LogP contribution in [0, 0.1) is 6.92 Å². The minimum absolute atomic E-state index is 0.146. The Morgan fingerprint density at radius 3 is 2.69 bits per heavy atom. The predicted molar refractivity (Wildman–Crippen MR) is 132 cm³/mol. The molecule has 6 nitrogen and oxygen atoms in total. The Morgan fingerprint density at radius 1 is 1.03 bits per heavy atom. The largest absolute Gasteiger partial charge is 0.478 e. The van der Waals surface area contributed by atoms with Crippen LogP contribution in [0.2, 0.25) is 10.0 Å². The van der Waals surface area contributed by atoms with Crippen LogP contribution in [-0.2, 0) is 24.4 Å². The molecule has 3 aliphatic heterocycles. The van der Waals surface area contributed by atoms with Gasteiger partial charge in [-0.3, -0.25) is 9.69 Å². The molecule has 0 saturated heterocycles. The Kier molecular flexibility index (Phi) is 5.69. The van der Waals surface area contributed by atoms with Gasteiger partial charge in [-0.15, -0.1) is 0 Å². The number of rotatable bonds is 3. The van der Waals surface area contributed by atoms with Gasteiger partial charge >= 0.3 is 0 Å². The molecular formula is C27H21Cl2NO5. The predicted octanol–water partition coefficient (Wildman–Crippen LogP) is 6.14. The molecule has 0 atom stereocenters. The highest BCUT2D eigenvalue weighted by Crippen LogP contribution is 2.45. The number of aryl methyl sites for hydroxylation is 1. The lowest BCUT2D eigenvalue weighted by Crippen LogP contribution is -2.31. The van der Waals surface area contributed by atoms with Gasteiger partial charge in [0.05, 0.1) is 17.7 Å². The maximum Gasteiger partial charge on any atom is 0.232 e. The zero-order chi connectivity index (χ0) is 24.1. The summed E-state index contributed by atoms with van der Waals surface area (Å²) in [5, 5.41) is 1.24. The van der Waals surface area contributed by atoms with Gasteiger partial charge in [-0.1, -0.05) is 35.3 Å². The number of ketones is 1. The van der Waals surface area contributed by atoms with E-state index in [4.69, 9.17) is 42.1 Å². The van der Waals surface area contributed by atoms with Crippen LogP contribution in [0.3, 0.4) is 0 Å². The number of allylic oxidation sites excluding steroid dienone is 1. The van der Waals surface area contributed by atoms with E-state index in [0.29, 0.717) is 59.1 Å². The highest BCUT2D eigenvalue weighted by atomic mass is 35.5. The first kappa shape index (κ1) is 22.4. The minimum atomic E-state index is -0.170. The second-order valence-corrected chi connectivity index (χ2v) is 9.67. The van der Waals surface area contributed by atoms with Crippen LogP contribution in [0.5, 0.6) is 17.2 Å². The molecule has 0 aromatic heterocycles. The first-order valence-electron chi connectivity index (χ1n) is 11.2. The lowest BCUT2D eigenvalue weighted by molar-refractivity contribution is -0.0165. The van der Waals surface area contributed by atoms with E-state index in [1.807, 2.05) is 37.3 Å². The second kappa shape index (κ2) is 8.88. The fraction of sp³-hybridized carbons (Fsp3) is 0.222. The fourth-order valence-corrected chi connectivity index (χ4v) is 5.06. The van der Waals surface area contributed by atoms with E-state index < -0.39 is 0 Å². The smallest absolute Gasteiger partial charge is 0.232 e. The molecule has 0 radical (unpaired) electrons. The van der Waals surface area contributed by atoms with E-state index in [0.717, 1.165) is 28.0 Å². The minimum Gasteiger partial charge on any atom is -0.478 e. The van der Waals surface area contributed by atoms with Crippen LogP contribution in [0.25, 0.3) is 6.08 Å². The molecule has 3 aromatic carbocycles. The summed E-state index contributed by atoms with van der Waals surface area (Å²) in [6.07, 6.45) is 1.69. The summed E-state index contributed by atoms with van der Waals surface area (Å²) in [6, 6.07) is 13.2. The molecule has 3 aromatic rings. The molecule has 0 aliphatic carbocycles. The number of hydrogen-bond donors (Lipinski definition) is 0. The van der Waals surface area contributed by atoms with E-state index >= 15 is 0 Å². The summed E-state index contributed by atoms with van der Waals surface area (Å²) in [7, 11) is 0. The highest BCUT2D eigenvalue weighted by molar-refractivity contribution is 6.31. The summed E-state index contributed by atoms with van der Waals surface area (Å²) in [5.41, 5.74) is 4.87. The zero-order valence-electron chi connectivity index (χ0n) is 18.9. The number of Topliss-reactive ketones (excluding diaryl/α,β-unsaturated/α-hetero) is 1. The number of halogens is 2. The maximum atomic E-state index is 13.4. The van der Waals surface area contributed by atoms with E-state index in [9.17, 15) is 4.79 Å². The van der Waals surface area contributed by atoms with Crippen molar-refractivity contribution in [3.8, 4) is 17.2 Å². The van der Waals surface area contributed by atoms with Gasteiger partial charge in [0.1, 0.15) is 24.0 Å². The van der Waals surface area contributed by atoms with E-state index in [-0.39, 0.29) is 18.3 Å². The van der Waals surface area contributed by atoms with Crippen LogP contribution in [0.15, 0.2) is 48.2 Å². The Balaban J connectivity index is 1.33. The van der Waals surface area contributed by atoms with Crippen molar-refractivity contribution < 1.29 is 23.7 Å². The van der Waals surface area contributed by atoms with Crippen molar-refractivity contribution in [1.29, 1.82) is 0 Å². The average molecular weight is 510 g/mol. The third kappa shape index (κ3) is 4.17. The number of fused-ring (bicyclic) bond motifs is 4. The third-order valence-electron chi connectivity index (χ3n) is 6.30. The van der Waals surface area contributed by atoms with Crippen molar-refractivity contribution in [3.05, 3.63) is 91.6 Å². The van der Waals surface area contributed by atoms with Crippen molar-refractivity contribution in [2.45, 2.75) is 26.6 Å². The molecule has 0 unspecified atom stereocenters. The van der Waals surface area contributed by atoms with E-state index in [1.165, 1.54) is 0 Å². The van der Waals surface area contributed by atoms with Gasteiger partial charge in [-0.25, -0.2) is 0 Å². The standard InChI is InChI=1S/C27H21Cl2NO5/c1-15-6-22-21(11-30(13-33-22)10-16-2-4-19(28)5-3-16)27-24(15)25(31)23(35-27)9-17-7-20(29)8-18-12-32-14-34-26(17)18/h2-9H,10-14H2,1H3/b23-9-. The molecule has 35 heavy (non-hydrogen) atoms. The first-order valence-corrected chi connectivity index (χ1v) is 11.9. The summed E-state index contributed by atoms with van der Waals surface area (Å²) in [6.45, 7) is 4.16. The van der Waals surface area contributed by atoms with Crippen molar-refractivity contribution >= 4 is 35.1 Å². The van der Waals surface area contributed by atoms with Gasteiger partial charge in [-0.05, 0) is 54.5 Å². The van der Waals surface area contributed by atoms with Crippen LogP contribution < -0.4 is 14.2 Å². The molecule has 0 bridgehead atoms. The van der Waals surface area contributed by atoms with Crippen LogP contribution in [-0.4, -0.2) is 24.2 Å². The monoisotopic (exact) mass is 509 g/mol. The van der Waals surface area contributed by atoms with Gasteiger partial charge < -0.3 is 18.9 Å². The molecule has 0 amide bonds. The molecule has 3 aliphatic rings. The quantitative estimate of drug-likeness (QED) is 0.395. The topological polar surface area (TPSA) is 57.2 Å². The van der Waals surface area contributed by atoms with Gasteiger partial charge in [0, 0.05) is 34.3 Å². The van der Waals surface area contributed by atoms with E-state index in [1.54, 1.807) is 18.2 Å². The summed E-state index contributed by atoms with van der Waals surface area (Å²) >= 11 is 12.3. The summed E-state index contributed by atoms with van der Waals surface area (Å²) in [4.78, 5) is 15.6. The third-order valence-corrected chi connectivity index (χ3v) is 6.77. The molecule has 0 saturated carbocycles. The van der Waals surface area contributed by atoms with Gasteiger partial charge in [0.15, 0.2) is 12.6 Å². The number of nitrogens with zero attached hydrogens (tertiary/aromatic N) is 1. The van der Waals surface area contributed by atoms with Crippen LogP contribution >= 0.6 is 23.2 Å². The lowest BCUT2D eigenvalue weighted by atomic mass is 9.98.